The molecule has 2 aliphatic heterocycles. The van der Waals surface area contributed by atoms with Crippen LogP contribution in [0.25, 0.3) is 0 Å². The van der Waals surface area contributed by atoms with Gasteiger partial charge in [-0.3, -0.25) is 4.79 Å². The number of fused-ring (bicyclic) bond motifs is 1. The van der Waals surface area contributed by atoms with Gasteiger partial charge in [0, 0.05) is 16.7 Å². The van der Waals surface area contributed by atoms with Crippen LogP contribution in [0.5, 0.6) is 0 Å². The number of rotatable bonds is 1. The second kappa shape index (κ2) is 7.29. The van der Waals surface area contributed by atoms with Gasteiger partial charge in [-0.2, -0.15) is 0 Å². The van der Waals surface area contributed by atoms with Crippen LogP contribution in [-0.2, 0) is 0 Å². The summed E-state index contributed by atoms with van der Waals surface area (Å²) < 4.78 is 1.06. The lowest BCUT2D eigenvalue weighted by atomic mass is 9.92. The molecular weight excluding hydrogens is 399 g/mol. The molecule has 0 aliphatic carbocycles. The van der Waals surface area contributed by atoms with E-state index in [1.165, 1.54) is 0 Å². The number of carbonyl (C=O) groups excluding carboxylic acids is 1. The fourth-order valence-electron chi connectivity index (χ4n) is 3.39. The molecular formula is C16H22ClIN2O. The molecule has 3 nitrogen and oxygen atoms in total. The second-order valence-corrected chi connectivity index (χ2v) is 7.19. The summed E-state index contributed by atoms with van der Waals surface area (Å²) in [6, 6.07) is 6.13. The Labute approximate surface area is 146 Å². The molecule has 2 saturated heterocycles. The molecule has 0 spiro atoms. The van der Waals surface area contributed by atoms with Gasteiger partial charge in [-0.25, -0.2) is 0 Å². The molecule has 1 N–H and O–H groups in total. The fourth-order valence-corrected chi connectivity index (χ4v) is 3.96. The maximum atomic E-state index is 12.8. The summed E-state index contributed by atoms with van der Waals surface area (Å²) in [5, 5.41) is 3.48. The summed E-state index contributed by atoms with van der Waals surface area (Å²) in [6.45, 7) is 6.13. The van der Waals surface area contributed by atoms with E-state index < -0.39 is 0 Å². The molecule has 21 heavy (non-hydrogen) atoms. The van der Waals surface area contributed by atoms with Crippen LogP contribution in [-0.4, -0.2) is 37.0 Å². The first-order valence-corrected chi connectivity index (χ1v) is 8.49. The van der Waals surface area contributed by atoms with Crippen LogP contribution in [0.2, 0.25) is 0 Å². The van der Waals surface area contributed by atoms with Crippen LogP contribution in [0.3, 0.4) is 0 Å². The van der Waals surface area contributed by atoms with Gasteiger partial charge in [0.05, 0.1) is 5.56 Å². The number of aryl methyl sites for hydroxylation is 1. The quantitative estimate of drug-likeness (QED) is 0.708. The highest BCUT2D eigenvalue weighted by Crippen LogP contribution is 2.28. The van der Waals surface area contributed by atoms with Crippen LogP contribution in [0.15, 0.2) is 18.2 Å². The average Bonchev–Trinajstić information content (AvgIpc) is 2.80. The summed E-state index contributed by atoms with van der Waals surface area (Å²) in [5.41, 5.74) is 2.03. The molecule has 0 aromatic heterocycles. The highest BCUT2D eigenvalue weighted by molar-refractivity contribution is 14.1. The third kappa shape index (κ3) is 3.71. The highest BCUT2D eigenvalue weighted by atomic mass is 127. The molecule has 2 fully saturated rings. The average molecular weight is 421 g/mol. The normalized spacial score (nSPS) is 25.0. The van der Waals surface area contributed by atoms with Crippen molar-refractivity contribution in [3.63, 3.8) is 0 Å². The van der Waals surface area contributed by atoms with Crippen molar-refractivity contribution >= 4 is 40.9 Å². The Hall–Kier alpha value is -0.330. The number of amides is 1. The lowest BCUT2D eigenvalue weighted by Crippen LogP contribution is -2.33. The van der Waals surface area contributed by atoms with E-state index in [1.807, 2.05) is 19.1 Å². The number of likely N-dealkylation sites (tertiary alicyclic amines) is 1. The predicted octanol–water partition coefficient (Wildman–Crippen LogP) is 3.09. The van der Waals surface area contributed by atoms with Crippen molar-refractivity contribution in [2.24, 2.45) is 11.8 Å². The van der Waals surface area contributed by atoms with Crippen LogP contribution in [0, 0.1) is 22.3 Å². The molecule has 116 valence electrons. The van der Waals surface area contributed by atoms with Crippen molar-refractivity contribution in [3.05, 3.63) is 32.9 Å². The smallest absolute Gasteiger partial charge is 0.254 e. The number of nitrogens with zero attached hydrogens (tertiary/aromatic N) is 1. The van der Waals surface area contributed by atoms with E-state index in [0.717, 1.165) is 65.6 Å². The van der Waals surface area contributed by atoms with Gasteiger partial charge in [0.25, 0.3) is 5.91 Å². The molecule has 2 atom stereocenters. The Morgan fingerprint density at radius 3 is 2.48 bits per heavy atom. The first-order valence-electron chi connectivity index (χ1n) is 7.41. The number of carbonyl (C=O) groups is 1. The monoisotopic (exact) mass is 420 g/mol. The Morgan fingerprint density at radius 1 is 1.24 bits per heavy atom. The van der Waals surface area contributed by atoms with Crippen LogP contribution >= 0.6 is 35.0 Å². The zero-order valence-corrected chi connectivity index (χ0v) is 15.2. The number of benzene rings is 1. The maximum absolute atomic E-state index is 12.8. The van der Waals surface area contributed by atoms with E-state index in [0.29, 0.717) is 0 Å². The standard InChI is InChI=1S/C16H21IN2O.ClH/c1-11-2-3-15(17)14(8-11)16(20)19-6-4-12-9-18-10-13(12)5-7-19;/h2-3,8,12-13,18H,4-7,9-10H2,1H3;1H/t12-,13+;. The molecule has 1 aromatic rings. The van der Waals surface area contributed by atoms with Gasteiger partial charge < -0.3 is 10.2 Å². The predicted molar refractivity (Wildman–Crippen MR) is 96.1 cm³/mol. The molecule has 1 amide bonds. The van der Waals surface area contributed by atoms with E-state index in [9.17, 15) is 4.79 Å². The van der Waals surface area contributed by atoms with Crippen molar-refractivity contribution in [3.8, 4) is 0 Å². The third-order valence-electron chi connectivity index (χ3n) is 4.66. The molecule has 3 rings (SSSR count). The SMILES string of the molecule is Cc1ccc(I)c(C(=O)N2CC[C@@H]3CNC[C@@H]3CC2)c1.Cl. The number of halogens is 2. The van der Waals surface area contributed by atoms with Gasteiger partial charge in [0.1, 0.15) is 0 Å². The number of hydrogen-bond donors (Lipinski definition) is 1. The van der Waals surface area contributed by atoms with Crippen molar-refractivity contribution < 1.29 is 4.79 Å². The first kappa shape index (κ1) is 17.0. The Balaban J connectivity index is 0.00000161. The zero-order valence-electron chi connectivity index (χ0n) is 12.3. The molecule has 0 radical (unpaired) electrons. The minimum atomic E-state index is 0. The molecule has 0 bridgehead atoms. The second-order valence-electron chi connectivity index (χ2n) is 6.03. The lowest BCUT2D eigenvalue weighted by molar-refractivity contribution is 0.0757. The molecule has 1 aromatic carbocycles. The molecule has 0 saturated carbocycles. The first-order chi connectivity index (χ1) is 9.65. The Morgan fingerprint density at radius 2 is 1.86 bits per heavy atom. The van der Waals surface area contributed by atoms with E-state index in [-0.39, 0.29) is 18.3 Å². The van der Waals surface area contributed by atoms with Crippen LogP contribution < -0.4 is 5.32 Å². The van der Waals surface area contributed by atoms with Crippen molar-refractivity contribution in [1.82, 2.24) is 10.2 Å². The summed E-state index contributed by atoms with van der Waals surface area (Å²) in [4.78, 5) is 14.8. The van der Waals surface area contributed by atoms with Crippen molar-refractivity contribution in [1.29, 1.82) is 0 Å². The van der Waals surface area contributed by atoms with E-state index >= 15 is 0 Å². The molecule has 5 heteroatoms. The van der Waals surface area contributed by atoms with Gasteiger partial charge >= 0.3 is 0 Å². The Kier molecular flexibility index (Phi) is 5.91. The van der Waals surface area contributed by atoms with Gasteiger partial charge in [-0.15, -0.1) is 12.4 Å². The summed E-state index contributed by atoms with van der Waals surface area (Å²) in [7, 11) is 0. The number of nitrogens with one attached hydrogen (secondary N) is 1. The minimum Gasteiger partial charge on any atom is -0.339 e. The lowest BCUT2D eigenvalue weighted by Gasteiger charge is -2.22. The minimum absolute atomic E-state index is 0. The van der Waals surface area contributed by atoms with E-state index in [4.69, 9.17) is 0 Å². The van der Waals surface area contributed by atoms with Gasteiger partial charge in [-0.1, -0.05) is 11.6 Å². The fraction of sp³-hybridized carbons (Fsp3) is 0.562. The van der Waals surface area contributed by atoms with Gasteiger partial charge in [0.15, 0.2) is 0 Å². The number of hydrogen-bond acceptors (Lipinski definition) is 2. The van der Waals surface area contributed by atoms with Crippen molar-refractivity contribution in [2.75, 3.05) is 26.2 Å². The van der Waals surface area contributed by atoms with Crippen LogP contribution in [0.4, 0.5) is 0 Å². The molecule has 2 heterocycles. The summed E-state index contributed by atoms with van der Waals surface area (Å²) >= 11 is 2.27. The zero-order chi connectivity index (χ0) is 14.1. The van der Waals surface area contributed by atoms with E-state index in [2.05, 4.69) is 38.9 Å². The summed E-state index contributed by atoms with van der Waals surface area (Å²) in [6.07, 6.45) is 2.29. The molecule has 0 unspecified atom stereocenters. The van der Waals surface area contributed by atoms with Gasteiger partial charge in [0.2, 0.25) is 0 Å². The summed E-state index contributed by atoms with van der Waals surface area (Å²) in [5.74, 6) is 1.75. The molecule has 2 aliphatic rings. The topological polar surface area (TPSA) is 32.3 Å². The largest absolute Gasteiger partial charge is 0.339 e. The maximum Gasteiger partial charge on any atom is 0.254 e. The van der Waals surface area contributed by atoms with Crippen molar-refractivity contribution in [2.45, 2.75) is 19.8 Å². The van der Waals surface area contributed by atoms with Gasteiger partial charge in [-0.05, 0) is 79.4 Å². The Bertz CT molecular complexity index is 509. The third-order valence-corrected chi connectivity index (χ3v) is 5.60. The highest BCUT2D eigenvalue weighted by Gasteiger charge is 2.31. The van der Waals surface area contributed by atoms with E-state index in [1.54, 1.807) is 0 Å². The van der Waals surface area contributed by atoms with Crippen LogP contribution in [0.1, 0.15) is 28.8 Å².